The van der Waals surface area contributed by atoms with Gasteiger partial charge in [0.05, 0.1) is 35.2 Å². The van der Waals surface area contributed by atoms with E-state index in [-0.39, 0.29) is 6.54 Å². The summed E-state index contributed by atoms with van der Waals surface area (Å²) in [7, 11) is -4.08. The summed E-state index contributed by atoms with van der Waals surface area (Å²) in [6, 6.07) is 5.54. The minimum absolute atomic E-state index is 0.180. The number of nitrogens with zero attached hydrogens (tertiary/aromatic N) is 4. The molecule has 0 aliphatic rings. The maximum Gasteiger partial charge on any atom is 0.241 e. The number of benzene rings is 1. The van der Waals surface area contributed by atoms with Crippen molar-refractivity contribution in [1.82, 2.24) is 24.7 Å². The van der Waals surface area contributed by atoms with Crippen LogP contribution in [0, 0.1) is 11.6 Å². The van der Waals surface area contributed by atoms with Crippen LogP contribution >= 0.6 is 0 Å². The summed E-state index contributed by atoms with van der Waals surface area (Å²) < 4.78 is 54.1. The van der Waals surface area contributed by atoms with Crippen LogP contribution in [0.1, 0.15) is 5.69 Å². The summed E-state index contributed by atoms with van der Waals surface area (Å²) in [6.07, 6.45) is 4.69. The maximum absolute atomic E-state index is 13.1. The van der Waals surface area contributed by atoms with Crippen molar-refractivity contribution < 1.29 is 17.2 Å². The van der Waals surface area contributed by atoms with E-state index in [9.17, 15) is 17.2 Å². The predicted molar refractivity (Wildman–Crippen MR) is 79.5 cm³/mol. The number of nitrogens with one attached hydrogen (secondary N) is 1. The molecule has 0 atom stereocenters. The Morgan fingerprint density at radius 2 is 1.92 bits per heavy atom. The third-order valence-corrected chi connectivity index (χ3v) is 4.42. The smallest absolute Gasteiger partial charge is 0.241 e. The van der Waals surface area contributed by atoms with Gasteiger partial charge in [0.15, 0.2) is 0 Å². The molecule has 0 spiro atoms. The van der Waals surface area contributed by atoms with Gasteiger partial charge < -0.3 is 0 Å². The largest absolute Gasteiger partial charge is 0.262 e. The molecule has 3 rings (SSSR count). The molecule has 0 amide bonds. The third kappa shape index (κ3) is 3.60. The van der Waals surface area contributed by atoms with E-state index in [0.29, 0.717) is 17.4 Å². The topological polar surface area (TPSA) is 89.8 Å². The van der Waals surface area contributed by atoms with Gasteiger partial charge in [-0.15, -0.1) is 5.10 Å². The van der Waals surface area contributed by atoms with Crippen LogP contribution in [-0.2, 0) is 16.6 Å². The summed E-state index contributed by atoms with van der Waals surface area (Å²) in [5, 5.41) is 7.69. The van der Waals surface area contributed by atoms with Crippen LogP contribution < -0.4 is 4.72 Å². The zero-order chi connectivity index (χ0) is 17.2. The summed E-state index contributed by atoms with van der Waals surface area (Å²) in [4.78, 5) is 3.44. The summed E-state index contributed by atoms with van der Waals surface area (Å²) in [5.41, 5.74) is 0.991. The Morgan fingerprint density at radius 3 is 2.58 bits per heavy atom. The Hall–Kier alpha value is -2.72. The fourth-order valence-corrected chi connectivity index (χ4v) is 2.97. The molecule has 0 bridgehead atoms. The molecule has 0 unspecified atom stereocenters. The second-order valence-electron chi connectivity index (χ2n) is 4.80. The van der Waals surface area contributed by atoms with Gasteiger partial charge in [0.25, 0.3) is 0 Å². The van der Waals surface area contributed by atoms with E-state index in [4.69, 9.17) is 0 Å². The van der Waals surface area contributed by atoms with Crippen molar-refractivity contribution in [2.45, 2.75) is 11.4 Å². The molecule has 124 valence electrons. The van der Waals surface area contributed by atoms with Gasteiger partial charge in [-0.05, 0) is 24.3 Å². The Morgan fingerprint density at radius 1 is 1.17 bits per heavy atom. The SMILES string of the molecule is O=S(=O)(NCc1cn(-c2cccnc2)nn1)c1cc(F)cc(F)c1. The van der Waals surface area contributed by atoms with Crippen LogP contribution in [-0.4, -0.2) is 28.4 Å². The molecule has 0 radical (unpaired) electrons. The first-order chi connectivity index (χ1) is 11.4. The van der Waals surface area contributed by atoms with Gasteiger partial charge in [-0.3, -0.25) is 4.98 Å². The van der Waals surface area contributed by atoms with Crippen molar-refractivity contribution in [3.05, 3.63) is 66.3 Å². The van der Waals surface area contributed by atoms with E-state index >= 15 is 0 Å². The molecule has 2 aromatic heterocycles. The van der Waals surface area contributed by atoms with Gasteiger partial charge in [-0.25, -0.2) is 26.6 Å². The van der Waals surface area contributed by atoms with Crippen molar-refractivity contribution in [1.29, 1.82) is 0 Å². The Labute approximate surface area is 136 Å². The third-order valence-electron chi connectivity index (χ3n) is 3.04. The van der Waals surface area contributed by atoms with E-state index in [1.54, 1.807) is 24.5 Å². The van der Waals surface area contributed by atoms with E-state index < -0.39 is 26.6 Å². The molecule has 10 heteroatoms. The molecule has 3 aromatic rings. The minimum Gasteiger partial charge on any atom is -0.262 e. The van der Waals surface area contributed by atoms with E-state index in [2.05, 4.69) is 20.0 Å². The maximum atomic E-state index is 13.1. The van der Waals surface area contributed by atoms with Crippen LogP contribution in [0.2, 0.25) is 0 Å². The second-order valence-corrected chi connectivity index (χ2v) is 6.56. The van der Waals surface area contributed by atoms with Crippen LogP contribution in [0.5, 0.6) is 0 Å². The van der Waals surface area contributed by atoms with Crippen molar-refractivity contribution in [2.75, 3.05) is 0 Å². The Balaban J connectivity index is 1.75. The monoisotopic (exact) mass is 351 g/mol. The standard InChI is InChI=1S/C14H11F2N5O2S/c15-10-4-11(16)6-14(5-10)24(22,23)18-7-12-9-21(20-19-12)13-2-1-3-17-8-13/h1-6,8-9,18H,7H2. The summed E-state index contributed by atoms with van der Waals surface area (Å²) >= 11 is 0. The molecule has 7 nitrogen and oxygen atoms in total. The lowest BCUT2D eigenvalue weighted by Crippen LogP contribution is -2.23. The lowest BCUT2D eigenvalue weighted by Gasteiger charge is -2.05. The lowest BCUT2D eigenvalue weighted by molar-refractivity contribution is 0.561. The molecule has 1 aromatic carbocycles. The molecule has 24 heavy (non-hydrogen) atoms. The molecule has 0 fully saturated rings. The van der Waals surface area contributed by atoms with E-state index in [1.807, 2.05) is 0 Å². The van der Waals surface area contributed by atoms with Gasteiger partial charge in [0.2, 0.25) is 10.0 Å². The highest BCUT2D eigenvalue weighted by atomic mass is 32.2. The van der Waals surface area contributed by atoms with E-state index in [1.165, 1.54) is 10.9 Å². The number of rotatable bonds is 5. The number of hydrogen-bond donors (Lipinski definition) is 1. The molecule has 1 N–H and O–H groups in total. The van der Waals surface area contributed by atoms with Gasteiger partial charge >= 0.3 is 0 Å². The number of sulfonamides is 1. The molecular formula is C14H11F2N5O2S. The Bertz CT molecular complexity index is 940. The minimum atomic E-state index is -4.08. The Kier molecular flexibility index (Phi) is 4.32. The average Bonchev–Trinajstić information content (AvgIpc) is 3.02. The van der Waals surface area contributed by atoms with Crippen molar-refractivity contribution in [2.24, 2.45) is 0 Å². The highest BCUT2D eigenvalue weighted by Crippen LogP contribution is 2.14. The zero-order valence-electron chi connectivity index (χ0n) is 12.1. The van der Waals surface area contributed by atoms with Crippen molar-refractivity contribution >= 4 is 10.0 Å². The number of aromatic nitrogens is 4. The summed E-state index contributed by atoms with van der Waals surface area (Å²) in [6.45, 7) is -0.180. The quantitative estimate of drug-likeness (QED) is 0.751. The molecule has 0 saturated carbocycles. The molecule has 2 heterocycles. The van der Waals surface area contributed by atoms with Gasteiger partial charge in [-0.1, -0.05) is 5.21 Å². The van der Waals surface area contributed by atoms with Crippen molar-refractivity contribution in [3.63, 3.8) is 0 Å². The molecule has 0 saturated heterocycles. The van der Waals surface area contributed by atoms with Gasteiger partial charge in [-0.2, -0.15) is 0 Å². The normalized spacial score (nSPS) is 11.6. The fraction of sp³-hybridized carbons (Fsp3) is 0.0714. The summed E-state index contributed by atoms with van der Waals surface area (Å²) in [5.74, 6) is -1.95. The average molecular weight is 351 g/mol. The highest BCUT2D eigenvalue weighted by molar-refractivity contribution is 7.89. The van der Waals surface area contributed by atoms with Crippen LogP contribution in [0.4, 0.5) is 8.78 Å². The predicted octanol–water partition coefficient (Wildman–Crippen LogP) is 1.42. The first-order valence-corrected chi connectivity index (χ1v) is 8.20. The van der Waals surface area contributed by atoms with E-state index in [0.717, 1.165) is 12.1 Å². The van der Waals surface area contributed by atoms with Crippen LogP contribution in [0.15, 0.2) is 53.8 Å². The molecule has 0 aliphatic heterocycles. The molecule has 0 aliphatic carbocycles. The first kappa shape index (κ1) is 16.1. The zero-order valence-corrected chi connectivity index (χ0v) is 12.9. The fourth-order valence-electron chi connectivity index (χ4n) is 1.93. The number of pyridine rings is 1. The van der Waals surface area contributed by atoms with Crippen LogP contribution in [0.25, 0.3) is 5.69 Å². The first-order valence-electron chi connectivity index (χ1n) is 6.71. The van der Waals surface area contributed by atoms with Crippen molar-refractivity contribution in [3.8, 4) is 5.69 Å². The molecular weight excluding hydrogens is 340 g/mol. The van der Waals surface area contributed by atoms with Gasteiger partial charge in [0, 0.05) is 12.3 Å². The van der Waals surface area contributed by atoms with Crippen LogP contribution in [0.3, 0.4) is 0 Å². The highest BCUT2D eigenvalue weighted by Gasteiger charge is 2.17. The number of halogens is 2. The number of hydrogen-bond acceptors (Lipinski definition) is 5. The lowest BCUT2D eigenvalue weighted by atomic mass is 10.3. The van der Waals surface area contributed by atoms with Gasteiger partial charge in [0.1, 0.15) is 11.6 Å². The second kappa shape index (κ2) is 6.42.